The minimum Gasteiger partial charge on any atom is -0.377 e. The fourth-order valence-corrected chi connectivity index (χ4v) is 1.74. The van der Waals surface area contributed by atoms with E-state index in [0.29, 0.717) is 6.61 Å². The Morgan fingerprint density at radius 1 is 0.938 bits per heavy atom. The fourth-order valence-electron chi connectivity index (χ4n) is 1.42. The van der Waals surface area contributed by atoms with Crippen LogP contribution >= 0.6 is 23.2 Å². The molecule has 0 aliphatic rings. The molecule has 0 heterocycles. The van der Waals surface area contributed by atoms with Crippen LogP contribution in [0.15, 0.2) is 24.3 Å². The third kappa shape index (κ3) is 6.37. The molecule has 1 rings (SSSR count). The highest BCUT2D eigenvalue weighted by Crippen LogP contribution is 2.10. The van der Waals surface area contributed by atoms with E-state index in [-0.39, 0.29) is 0 Å². The number of hydrogen-bond donors (Lipinski definition) is 0. The summed E-state index contributed by atoms with van der Waals surface area (Å²) in [5, 5.41) is 0.768. The third-order valence-electron chi connectivity index (χ3n) is 2.35. The van der Waals surface area contributed by atoms with Gasteiger partial charge in [0.25, 0.3) is 0 Å². The van der Waals surface area contributed by atoms with Gasteiger partial charge in [0.1, 0.15) is 0 Å². The number of ether oxygens (including phenoxy) is 1. The van der Waals surface area contributed by atoms with E-state index in [1.54, 1.807) is 0 Å². The molecule has 3 heteroatoms. The molecule has 1 nitrogen and oxygen atoms in total. The van der Waals surface area contributed by atoms with Gasteiger partial charge in [-0.3, -0.25) is 0 Å². The highest BCUT2D eigenvalue weighted by Gasteiger charge is 1.94. The highest BCUT2D eigenvalue weighted by molar-refractivity contribution is 6.30. The number of rotatable bonds is 8. The zero-order chi connectivity index (χ0) is 11.6. The summed E-state index contributed by atoms with van der Waals surface area (Å²) in [6.07, 6.45) is 4.63. The highest BCUT2D eigenvalue weighted by atomic mass is 35.5. The maximum atomic E-state index is 5.79. The van der Waals surface area contributed by atoms with Gasteiger partial charge in [0.15, 0.2) is 0 Å². The van der Waals surface area contributed by atoms with E-state index in [0.717, 1.165) is 30.4 Å². The lowest BCUT2D eigenvalue weighted by molar-refractivity contribution is 0.117. The molecule has 0 bridgehead atoms. The van der Waals surface area contributed by atoms with Crippen molar-refractivity contribution in [3.8, 4) is 0 Å². The van der Waals surface area contributed by atoms with Crippen LogP contribution in [0.3, 0.4) is 0 Å². The second-order valence-electron chi connectivity index (χ2n) is 3.78. The molecule has 1 aromatic rings. The smallest absolute Gasteiger partial charge is 0.0716 e. The summed E-state index contributed by atoms with van der Waals surface area (Å²) in [7, 11) is 0. The van der Waals surface area contributed by atoms with Gasteiger partial charge in [0.2, 0.25) is 0 Å². The second kappa shape index (κ2) is 8.86. The summed E-state index contributed by atoms with van der Waals surface area (Å²) >= 11 is 11.4. The molecule has 0 radical (unpaired) electrons. The summed E-state index contributed by atoms with van der Waals surface area (Å²) in [6.45, 7) is 1.50. The van der Waals surface area contributed by atoms with Gasteiger partial charge in [-0.2, -0.15) is 0 Å². The molecule has 0 atom stereocenters. The maximum absolute atomic E-state index is 5.79. The summed E-state index contributed by atoms with van der Waals surface area (Å²) in [5.74, 6) is 0.769. The van der Waals surface area contributed by atoms with Crippen LogP contribution in [0.5, 0.6) is 0 Å². The lowest BCUT2D eigenvalue weighted by Gasteiger charge is -2.04. The molecule has 0 aliphatic carbocycles. The molecule has 0 aromatic heterocycles. The Hall–Kier alpha value is -0.240. The van der Waals surface area contributed by atoms with E-state index in [9.17, 15) is 0 Å². The molecule has 0 saturated carbocycles. The van der Waals surface area contributed by atoms with Crippen molar-refractivity contribution in [2.75, 3.05) is 12.5 Å². The van der Waals surface area contributed by atoms with Crippen LogP contribution in [0.2, 0.25) is 5.02 Å². The Labute approximate surface area is 108 Å². The maximum Gasteiger partial charge on any atom is 0.0716 e. The first-order valence-electron chi connectivity index (χ1n) is 5.71. The molecular formula is C13H18Cl2O. The first-order chi connectivity index (χ1) is 7.83. The van der Waals surface area contributed by atoms with Crippen LogP contribution in [-0.4, -0.2) is 12.5 Å². The monoisotopic (exact) mass is 260 g/mol. The van der Waals surface area contributed by atoms with Gasteiger partial charge in [-0.15, -0.1) is 11.6 Å². The van der Waals surface area contributed by atoms with Crippen molar-refractivity contribution < 1.29 is 4.74 Å². The predicted molar refractivity (Wildman–Crippen MR) is 70.3 cm³/mol. The first kappa shape index (κ1) is 13.8. The second-order valence-corrected chi connectivity index (χ2v) is 4.60. The Balaban J connectivity index is 2.01. The predicted octanol–water partition coefficient (Wildman–Crippen LogP) is 4.66. The van der Waals surface area contributed by atoms with Crippen molar-refractivity contribution in [3.05, 3.63) is 34.9 Å². The third-order valence-corrected chi connectivity index (χ3v) is 2.87. The molecule has 0 aliphatic heterocycles. The SMILES string of the molecule is ClCCCCCCOCc1ccc(Cl)cc1. The standard InChI is InChI=1S/C13H18Cl2O/c14-9-3-1-2-4-10-16-11-12-5-7-13(15)8-6-12/h5-8H,1-4,9-11H2. The summed E-state index contributed by atoms with van der Waals surface area (Å²) in [5.41, 5.74) is 1.17. The molecule has 0 unspecified atom stereocenters. The van der Waals surface area contributed by atoms with Crippen LogP contribution in [-0.2, 0) is 11.3 Å². The van der Waals surface area contributed by atoms with Crippen LogP contribution in [0.1, 0.15) is 31.2 Å². The minimum absolute atomic E-state index is 0.673. The topological polar surface area (TPSA) is 9.23 Å². The summed E-state index contributed by atoms with van der Waals surface area (Å²) in [6, 6.07) is 7.77. The van der Waals surface area contributed by atoms with E-state index in [1.807, 2.05) is 24.3 Å². The Morgan fingerprint density at radius 2 is 1.62 bits per heavy atom. The number of hydrogen-bond acceptors (Lipinski definition) is 1. The molecule has 0 amide bonds. The number of alkyl halides is 1. The van der Waals surface area contributed by atoms with Crippen molar-refractivity contribution in [3.63, 3.8) is 0 Å². The molecule has 90 valence electrons. The van der Waals surface area contributed by atoms with Crippen molar-refractivity contribution in [2.24, 2.45) is 0 Å². The van der Waals surface area contributed by atoms with Gasteiger partial charge < -0.3 is 4.74 Å². The van der Waals surface area contributed by atoms with E-state index in [1.165, 1.54) is 18.4 Å². The largest absolute Gasteiger partial charge is 0.377 e. The van der Waals surface area contributed by atoms with Gasteiger partial charge in [-0.25, -0.2) is 0 Å². The van der Waals surface area contributed by atoms with E-state index in [4.69, 9.17) is 27.9 Å². The fraction of sp³-hybridized carbons (Fsp3) is 0.538. The Morgan fingerprint density at radius 3 is 2.31 bits per heavy atom. The quantitative estimate of drug-likeness (QED) is 0.488. The molecule has 1 aromatic carbocycles. The first-order valence-corrected chi connectivity index (χ1v) is 6.62. The Bertz CT molecular complexity index is 272. The normalized spacial score (nSPS) is 10.6. The van der Waals surface area contributed by atoms with Gasteiger partial charge in [0, 0.05) is 17.5 Å². The molecule has 0 saturated heterocycles. The Kier molecular flexibility index (Phi) is 7.65. The van der Waals surface area contributed by atoms with Crippen molar-refractivity contribution in [1.29, 1.82) is 0 Å². The summed E-state index contributed by atoms with van der Waals surface area (Å²) in [4.78, 5) is 0. The molecular weight excluding hydrogens is 243 g/mol. The lowest BCUT2D eigenvalue weighted by atomic mass is 10.2. The average Bonchev–Trinajstić information content (AvgIpc) is 2.30. The number of halogens is 2. The van der Waals surface area contributed by atoms with Crippen molar-refractivity contribution in [1.82, 2.24) is 0 Å². The zero-order valence-corrected chi connectivity index (χ0v) is 10.9. The van der Waals surface area contributed by atoms with Gasteiger partial charge in [-0.05, 0) is 30.5 Å². The van der Waals surface area contributed by atoms with Crippen molar-refractivity contribution in [2.45, 2.75) is 32.3 Å². The van der Waals surface area contributed by atoms with Crippen LogP contribution in [0.25, 0.3) is 0 Å². The van der Waals surface area contributed by atoms with E-state index in [2.05, 4.69) is 0 Å². The summed E-state index contributed by atoms with van der Waals surface area (Å²) < 4.78 is 5.56. The zero-order valence-electron chi connectivity index (χ0n) is 9.42. The van der Waals surface area contributed by atoms with Gasteiger partial charge in [0.05, 0.1) is 6.61 Å². The number of unbranched alkanes of at least 4 members (excludes halogenated alkanes) is 3. The molecule has 16 heavy (non-hydrogen) atoms. The van der Waals surface area contributed by atoms with E-state index < -0.39 is 0 Å². The van der Waals surface area contributed by atoms with E-state index >= 15 is 0 Å². The van der Waals surface area contributed by atoms with Gasteiger partial charge in [-0.1, -0.05) is 36.6 Å². The molecule has 0 spiro atoms. The minimum atomic E-state index is 0.673. The average molecular weight is 261 g/mol. The van der Waals surface area contributed by atoms with Crippen LogP contribution < -0.4 is 0 Å². The van der Waals surface area contributed by atoms with Crippen LogP contribution in [0, 0.1) is 0 Å². The molecule has 0 N–H and O–H groups in total. The lowest BCUT2D eigenvalue weighted by Crippen LogP contribution is -1.95. The molecule has 0 fully saturated rings. The number of benzene rings is 1. The van der Waals surface area contributed by atoms with Gasteiger partial charge >= 0.3 is 0 Å². The van der Waals surface area contributed by atoms with Crippen LogP contribution in [0.4, 0.5) is 0 Å². The van der Waals surface area contributed by atoms with Crippen molar-refractivity contribution >= 4 is 23.2 Å².